The molecule has 0 saturated carbocycles. The molecular weight excluding hydrogens is 414 g/mol. The summed E-state index contributed by atoms with van der Waals surface area (Å²) in [5, 5.41) is 21.3. The Morgan fingerprint density at radius 3 is 2.85 bits per heavy atom. The molecule has 0 amide bonds. The van der Waals surface area contributed by atoms with Crippen molar-refractivity contribution in [3.8, 4) is 11.3 Å². The van der Waals surface area contributed by atoms with E-state index in [-0.39, 0.29) is 12.5 Å². The summed E-state index contributed by atoms with van der Waals surface area (Å²) in [7, 11) is 0. The maximum Gasteiger partial charge on any atom is 0.307 e. The van der Waals surface area contributed by atoms with Gasteiger partial charge in [-0.25, -0.2) is 4.68 Å². The number of carboxylic acid groups (broad SMARTS) is 1. The van der Waals surface area contributed by atoms with Crippen molar-refractivity contribution in [3.05, 3.63) is 69.9 Å². The third kappa shape index (κ3) is 4.10. The van der Waals surface area contributed by atoms with E-state index in [9.17, 15) is 9.90 Å². The minimum atomic E-state index is -0.814. The lowest BCUT2D eigenvalue weighted by Crippen LogP contribution is -2.24. The van der Waals surface area contributed by atoms with Crippen molar-refractivity contribution in [1.29, 1.82) is 0 Å². The first-order valence-corrected chi connectivity index (χ1v) is 11.5. The topological polar surface area (TPSA) is 106 Å². The van der Waals surface area contributed by atoms with Crippen LogP contribution in [0.3, 0.4) is 0 Å². The predicted molar refractivity (Wildman–Crippen MR) is 129 cm³/mol. The fourth-order valence-corrected chi connectivity index (χ4v) is 5.17. The van der Waals surface area contributed by atoms with E-state index in [0.29, 0.717) is 0 Å². The van der Waals surface area contributed by atoms with Gasteiger partial charge in [0.1, 0.15) is 0 Å². The molecule has 0 bridgehead atoms. The highest BCUT2D eigenvalue weighted by molar-refractivity contribution is 5.93. The summed E-state index contributed by atoms with van der Waals surface area (Å²) in [5.74, 6) is -0.814. The molecule has 3 aromatic rings. The molecule has 4 N–H and O–H groups in total. The zero-order valence-corrected chi connectivity index (χ0v) is 19.1. The number of nitrogens with two attached hydrogens (primary N) is 1. The first-order chi connectivity index (χ1) is 15.9. The normalized spacial score (nSPS) is 18.0. The number of carboxylic acids is 1. The molecule has 2 aliphatic rings. The Balaban J connectivity index is 1.63. The van der Waals surface area contributed by atoms with E-state index in [1.165, 1.54) is 16.7 Å². The fourth-order valence-electron chi connectivity index (χ4n) is 5.17. The molecule has 7 nitrogen and oxygen atoms in total. The Morgan fingerprint density at radius 1 is 1.18 bits per heavy atom. The molecule has 0 spiro atoms. The van der Waals surface area contributed by atoms with Gasteiger partial charge in [-0.3, -0.25) is 4.79 Å². The van der Waals surface area contributed by atoms with Crippen LogP contribution in [-0.2, 0) is 17.8 Å². The van der Waals surface area contributed by atoms with Crippen LogP contribution in [0.4, 0.5) is 0 Å². The maximum absolute atomic E-state index is 11.3. The van der Waals surface area contributed by atoms with Crippen LogP contribution in [0.2, 0.25) is 0 Å². The zero-order chi connectivity index (χ0) is 23.1. The van der Waals surface area contributed by atoms with Crippen LogP contribution in [0.15, 0.2) is 36.4 Å². The van der Waals surface area contributed by atoms with E-state index < -0.39 is 5.97 Å². The Bertz CT molecular complexity index is 1270. The van der Waals surface area contributed by atoms with E-state index in [4.69, 9.17) is 5.73 Å². The third-order valence-corrected chi connectivity index (χ3v) is 6.67. The molecule has 2 aromatic carbocycles. The number of benzene rings is 2. The van der Waals surface area contributed by atoms with Crippen LogP contribution in [0.5, 0.6) is 0 Å². The average molecular weight is 444 g/mol. The SMILES string of the molecule is Cc1cc(CC(=O)O)cc(C2=C(c3ccc4c(c3)C(N)CCn3nnc(C)c3-4)CCNC2)c1. The number of hydrogen-bond donors (Lipinski definition) is 3. The van der Waals surface area contributed by atoms with Gasteiger partial charge >= 0.3 is 5.97 Å². The number of rotatable bonds is 4. The highest BCUT2D eigenvalue weighted by Crippen LogP contribution is 2.38. The molecule has 0 radical (unpaired) electrons. The van der Waals surface area contributed by atoms with Gasteiger partial charge in [0.25, 0.3) is 0 Å². The van der Waals surface area contributed by atoms with Crippen molar-refractivity contribution in [3.63, 3.8) is 0 Å². The van der Waals surface area contributed by atoms with Crippen molar-refractivity contribution in [1.82, 2.24) is 20.3 Å². The molecule has 1 unspecified atom stereocenters. The highest BCUT2D eigenvalue weighted by Gasteiger charge is 2.25. The van der Waals surface area contributed by atoms with Gasteiger partial charge in [0.2, 0.25) is 0 Å². The molecule has 5 rings (SSSR count). The van der Waals surface area contributed by atoms with Crippen LogP contribution in [-0.4, -0.2) is 39.2 Å². The standard InChI is InChI=1S/C26H29N5O2/c1-15-9-17(12-25(32)33)11-19(10-15)23-14-28-7-5-20(23)18-3-4-21-22(13-18)24(27)6-8-31-26(21)16(2)29-30-31/h3-4,9-11,13,24,28H,5-8,12,14,27H2,1-2H3,(H,32,33). The summed E-state index contributed by atoms with van der Waals surface area (Å²) in [5.41, 5.74) is 17.5. The van der Waals surface area contributed by atoms with Gasteiger partial charge in [-0.1, -0.05) is 41.1 Å². The largest absolute Gasteiger partial charge is 0.481 e. The average Bonchev–Trinajstić information content (AvgIpc) is 3.09. The molecule has 2 aliphatic heterocycles. The minimum absolute atomic E-state index is 0.0273. The van der Waals surface area contributed by atoms with E-state index in [1.54, 1.807) is 0 Å². The molecule has 0 saturated heterocycles. The van der Waals surface area contributed by atoms with Crippen LogP contribution in [0.1, 0.15) is 52.4 Å². The second-order valence-electron chi connectivity index (χ2n) is 9.11. The van der Waals surface area contributed by atoms with Gasteiger partial charge in [0.05, 0.1) is 17.8 Å². The van der Waals surface area contributed by atoms with Crippen LogP contribution in [0.25, 0.3) is 22.4 Å². The third-order valence-electron chi connectivity index (χ3n) is 6.67. The summed E-state index contributed by atoms with van der Waals surface area (Å²) in [4.78, 5) is 11.3. The summed E-state index contributed by atoms with van der Waals surface area (Å²) < 4.78 is 1.96. The Labute approximate surface area is 193 Å². The quantitative estimate of drug-likeness (QED) is 0.570. The lowest BCUT2D eigenvalue weighted by molar-refractivity contribution is -0.136. The molecule has 33 heavy (non-hydrogen) atoms. The van der Waals surface area contributed by atoms with E-state index in [1.807, 2.05) is 30.7 Å². The molecule has 0 aliphatic carbocycles. The first-order valence-electron chi connectivity index (χ1n) is 11.5. The van der Waals surface area contributed by atoms with Gasteiger partial charge in [0, 0.05) is 24.7 Å². The number of aryl methyl sites for hydroxylation is 3. The van der Waals surface area contributed by atoms with E-state index >= 15 is 0 Å². The summed E-state index contributed by atoms with van der Waals surface area (Å²) >= 11 is 0. The van der Waals surface area contributed by atoms with Crippen LogP contribution in [0, 0.1) is 13.8 Å². The van der Waals surface area contributed by atoms with Crippen molar-refractivity contribution < 1.29 is 9.90 Å². The summed E-state index contributed by atoms with van der Waals surface area (Å²) in [6.45, 7) is 6.43. The maximum atomic E-state index is 11.3. The zero-order valence-electron chi connectivity index (χ0n) is 19.1. The molecule has 1 aromatic heterocycles. The predicted octanol–water partition coefficient (Wildman–Crippen LogP) is 3.50. The van der Waals surface area contributed by atoms with Crippen molar-refractivity contribution >= 4 is 17.1 Å². The lowest BCUT2D eigenvalue weighted by Gasteiger charge is -2.24. The molecule has 1 atom stereocenters. The van der Waals surface area contributed by atoms with Crippen molar-refractivity contribution in [2.24, 2.45) is 5.73 Å². The first kappa shape index (κ1) is 21.6. The number of hydrogen-bond acceptors (Lipinski definition) is 5. The number of aliphatic carboxylic acids is 1. The van der Waals surface area contributed by atoms with Crippen LogP contribution >= 0.6 is 0 Å². The Morgan fingerprint density at radius 2 is 2.03 bits per heavy atom. The molecular formula is C26H29N5O2. The minimum Gasteiger partial charge on any atom is -0.481 e. The van der Waals surface area contributed by atoms with Gasteiger partial charge < -0.3 is 16.2 Å². The van der Waals surface area contributed by atoms with Gasteiger partial charge in [-0.2, -0.15) is 0 Å². The fraction of sp³-hybridized carbons (Fsp3) is 0.346. The van der Waals surface area contributed by atoms with E-state index in [2.05, 4.69) is 39.9 Å². The number of carbonyl (C=O) groups is 1. The second-order valence-corrected chi connectivity index (χ2v) is 9.11. The second kappa shape index (κ2) is 8.57. The van der Waals surface area contributed by atoms with Crippen molar-refractivity contribution in [2.45, 2.75) is 45.7 Å². The number of nitrogens with zero attached hydrogens (tertiary/aromatic N) is 3. The van der Waals surface area contributed by atoms with Gasteiger partial charge in [-0.05, 0) is 72.7 Å². The Kier molecular flexibility index (Phi) is 5.60. The molecule has 3 heterocycles. The summed E-state index contributed by atoms with van der Waals surface area (Å²) in [6, 6.07) is 12.7. The summed E-state index contributed by atoms with van der Waals surface area (Å²) in [6.07, 6.45) is 1.75. The smallest absolute Gasteiger partial charge is 0.307 e. The number of fused-ring (bicyclic) bond motifs is 3. The lowest BCUT2D eigenvalue weighted by atomic mass is 9.86. The number of aromatic nitrogens is 3. The monoisotopic (exact) mass is 443 g/mol. The van der Waals surface area contributed by atoms with Gasteiger partial charge in [-0.15, -0.1) is 5.10 Å². The van der Waals surface area contributed by atoms with Gasteiger partial charge in [0.15, 0.2) is 0 Å². The number of nitrogens with one attached hydrogen (secondary N) is 1. The highest BCUT2D eigenvalue weighted by atomic mass is 16.4. The Hall–Kier alpha value is -3.29. The van der Waals surface area contributed by atoms with E-state index in [0.717, 1.165) is 71.7 Å². The van der Waals surface area contributed by atoms with Crippen molar-refractivity contribution in [2.75, 3.05) is 13.1 Å². The van der Waals surface area contributed by atoms with Crippen LogP contribution < -0.4 is 11.1 Å². The molecule has 170 valence electrons. The molecule has 7 heteroatoms. The molecule has 0 fully saturated rings.